The van der Waals surface area contributed by atoms with Gasteiger partial charge >= 0.3 is 0 Å². The standard InChI is InChI=1S/C20H18N2O3S/c23-19(21-12-14-26-17-5-2-1-3-6-17)15-8-10-16(11-9-15)22-20(24)18-7-4-13-25-18/h1-11,13H,12,14H2,(H,21,23)(H,22,24). The first-order valence-electron chi connectivity index (χ1n) is 8.13. The summed E-state index contributed by atoms with van der Waals surface area (Å²) in [5, 5.41) is 5.60. The summed E-state index contributed by atoms with van der Waals surface area (Å²) in [6.45, 7) is 0.579. The molecular formula is C20H18N2O3S. The van der Waals surface area contributed by atoms with Crippen LogP contribution in [0.3, 0.4) is 0 Å². The monoisotopic (exact) mass is 366 g/mol. The van der Waals surface area contributed by atoms with Crippen molar-refractivity contribution in [1.82, 2.24) is 5.32 Å². The van der Waals surface area contributed by atoms with Crippen molar-refractivity contribution in [3.63, 3.8) is 0 Å². The summed E-state index contributed by atoms with van der Waals surface area (Å²) in [5.74, 6) is 0.572. The maximum Gasteiger partial charge on any atom is 0.291 e. The number of thioether (sulfide) groups is 1. The first-order chi connectivity index (χ1) is 12.7. The van der Waals surface area contributed by atoms with Crippen LogP contribution < -0.4 is 10.6 Å². The van der Waals surface area contributed by atoms with Crippen molar-refractivity contribution in [1.29, 1.82) is 0 Å². The Morgan fingerprint density at radius 1 is 0.885 bits per heavy atom. The molecule has 26 heavy (non-hydrogen) atoms. The van der Waals surface area contributed by atoms with Crippen LogP contribution in [0.5, 0.6) is 0 Å². The minimum Gasteiger partial charge on any atom is -0.459 e. The van der Waals surface area contributed by atoms with E-state index in [1.54, 1.807) is 48.2 Å². The van der Waals surface area contributed by atoms with Gasteiger partial charge in [0.2, 0.25) is 0 Å². The van der Waals surface area contributed by atoms with Crippen LogP contribution in [0.25, 0.3) is 0 Å². The lowest BCUT2D eigenvalue weighted by Crippen LogP contribution is -2.25. The van der Waals surface area contributed by atoms with Crippen LogP contribution in [0.4, 0.5) is 5.69 Å². The van der Waals surface area contributed by atoms with Crippen molar-refractivity contribution < 1.29 is 14.0 Å². The topological polar surface area (TPSA) is 71.3 Å². The maximum absolute atomic E-state index is 12.2. The molecule has 0 aliphatic rings. The van der Waals surface area contributed by atoms with Gasteiger partial charge in [-0.05, 0) is 48.5 Å². The maximum atomic E-state index is 12.2. The SMILES string of the molecule is O=C(NCCSc1ccccc1)c1ccc(NC(=O)c2ccco2)cc1. The molecule has 132 valence electrons. The lowest BCUT2D eigenvalue weighted by atomic mass is 10.2. The molecule has 3 aromatic rings. The zero-order valence-corrected chi connectivity index (χ0v) is 14.8. The normalized spacial score (nSPS) is 10.3. The highest BCUT2D eigenvalue weighted by atomic mass is 32.2. The molecule has 0 spiro atoms. The van der Waals surface area contributed by atoms with Crippen molar-refractivity contribution in [2.24, 2.45) is 0 Å². The Kier molecular flexibility index (Phi) is 6.11. The van der Waals surface area contributed by atoms with Gasteiger partial charge in [0.05, 0.1) is 6.26 Å². The zero-order valence-electron chi connectivity index (χ0n) is 14.0. The van der Waals surface area contributed by atoms with E-state index < -0.39 is 0 Å². The third-order valence-electron chi connectivity index (χ3n) is 3.55. The Balaban J connectivity index is 1.45. The van der Waals surface area contributed by atoms with Gasteiger partial charge in [-0.25, -0.2) is 0 Å². The minimum atomic E-state index is -0.329. The van der Waals surface area contributed by atoms with Gasteiger partial charge < -0.3 is 15.1 Å². The summed E-state index contributed by atoms with van der Waals surface area (Å²) >= 11 is 1.69. The molecular weight excluding hydrogens is 348 g/mol. The molecule has 2 aromatic carbocycles. The van der Waals surface area contributed by atoms with E-state index in [-0.39, 0.29) is 17.6 Å². The first kappa shape index (κ1) is 17.8. The molecule has 0 fully saturated rings. The molecule has 3 rings (SSSR count). The average molecular weight is 366 g/mol. The Bertz CT molecular complexity index is 847. The van der Waals surface area contributed by atoms with Crippen LogP contribution in [0, 0.1) is 0 Å². The number of carbonyl (C=O) groups excluding carboxylic acids is 2. The van der Waals surface area contributed by atoms with Gasteiger partial charge in [0.15, 0.2) is 5.76 Å². The number of rotatable bonds is 7. The smallest absolute Gasteiger partial charge is 0.291 e. The van der Waals surface area contributed by atoms with E-state index in [1.807, 2.05) is 30.3 Å². The van der Waals surface area contributed by atoms with Crippen LogP contribution in [-0.2, 0) is 0 Å². The third-order valence-corrected chi connectivity index (χ3v) is 4.56. The van der Waals surface area contributed by atoms with Crippen molar-refractivity contribution in [3.8, 4) is 0 Å². The van der Waals surface area contributed by atoms with Crippen LogP contribution in [0.1, 0.15) is 20.9 Å². The quantitative estimate of drug-likeness (QED) is 0.489. The highest BCUT2D eigenvalue weighted by Gasteiger charge is 2.09. The van der Waals surface area contributed by atoms with Crippen molar-refractivity contribution in [2.45, 2.75) is 4.90 Å². The second-order valence-electron chi connectivity index (χ2n) is 5.43. The third kappa shape index (κ3) is 5.00. The summed E-state index contributed by atoms with van der Waals surface area (Å²) in [5.41, 5.74) is 1.15. The highest BCUT2D eigenvalue weighted by Crippen LogP contribution is 2.16. The lowest BCUT2D eigenvalue weighted by molar-refractivity contribution is 0.0955. The molecule has 1 heterocycles. The summed E-state index contributed by atoms with van der Waals surface area (Å²) < 4.78 is 5.04. The molecule has 0 aliphatic carbocycles. The number of hydrogen-bond acceptors (Lipinski definition) is 4. The van der Waals surface area contributed by atoms with E-state index >= 15 is 0 Å². The van der Waals surface area contributed by atoms with Crippen LogP contribution in [0.2, 0.25) is 0 Å². The molecule has 0 unspecified atom stereocenters. The number of furan rings is 1. The van der Waals surface area contributed by atoms with Gasteiger partial charge in [0, 0.05) is 28.4 Å². The van der Waals surface area contributed by atoms with E-state index in [2.05, 4.69) is 10.6 Å². The fourth-order valence-corrected chi connectivity index (χ4v) is 3.05. The molecule has 2 N–H and O–H groups in total. The number of benzene rings is 2. The van der Waals surface area contributed by atoms with Crippen LogP contribution in [-0.4, -0.2) is 24.1 Å². The van der Waals surface area contributed by atoms with E-state index in [1.165, 1.54) is 11.2 Å². The molecule has 1 aromatic heterocycles. The molecule has 0 atom stereocenters. The number of hydrogen-bond donors (Lipinski definition) is 2. The van der Waals surface area contributed by atoms with Crippen LogP contribution >= 0.6 is 11.8 Å². The second kappa shape index (κ2) is 8.92. The molecule has 0 bridgehead atoms. The zero-order chi connectivity index (χ0) is 18.2. The Labute approximate surface area is 155 Å². The van der Waals surface area contributed by atoms with E-state index in [0.29, 0.717) is 17.8 Å². The van der Waals surface area contributed by atoms with E-state index in [4.69, 9.17) is 4.42 Å². The van der Waals surface area contributed by atoms with Crippen LogP contribution in [0.15, 0.2) is 82.3 Å². The highest BCUT2D eigenvalue weighted by molar-refractivity contribution is 7.99. The van der Waals surface area contributed by atoms with Crippen molar-refractivity contribution in [3.05, 3.63) is 84.3 Å². The number of nitrogens with one attached hydrogen (secondary N) is 2. The largest absolute Gasteiger partial charge is 0.459 e. The predicted molar refractivity (Wildman–Crippen MR) is 103 cm³/mol. The fourth-order valence-electron chi connectivity index (χ4n) is 2.26. The average Bonchev–Trinajstić information content (AvgIpc) is 3.21. The number of anilines is 1. The van der Waals surface area contributed by atoms with E-state index in [9.17, 15) is 9.59 Å². The van der Waals surface area contributed by atoms with Gasteiger partial charge in [0.25, 0.3) is 11.8 Å². The number of carbonyl (C=O) groups is 2. The minimum absolute atomic E-state index is 0.137. The first-order valence-corrected chi connectivity index (χ1v) is 9.12. The van der Waals surface area contributed by atoms with Gasteiger partial charge in [-0.2, -0.15) is 0 Å². The van der Waals surface area contributed by atoms with Crippen molar-refractivity contribution >= 4 is 29.3 Å². The van der Waals surface area contributed by atoms with Gasteiger partial charge in [-0.3, -0.25) is 9.59 Å². The van der Waals surface area contributed by atoms with Gasteiger partial charge in [0.1, 0.15) is 0 Å². The Hall–Kier alpha value is -2.99. The summed E-state index contributed by atoms with van der Waals surface area (Å²) in [6.07, 6.45) is 1.44. The lowest BCUT2D eigenvalue weighted by Gasteiger charge is -2.07. The predicted octanol–water partition coefficient (Wildman–Crippen LogP) is 4.05. The molecule has 0 saturated heterocycles. The summed E-state index contributed by atoms with van der Waals surface area (Å²) in [4.78, 5) is 25.2. The number of amides is 2. The molecule has 5 nitrogen and oxygen atoms in total. The second-order valence-corrected chi connectivity index (χ2v) is 6.59. The fraction of sp³-hybridized carbons (Fsp3) is 0.100. The Morgan fingerprint density at radius 3 is 2.35 bits per heavy atom. The van der Waals surface area contributed by atoms with Gasteiger partial charge in [-0.1, -0.05) is 18.2 Å². The molecule has 0 aliphatic heterocycles. The van der Waals surface area contributed by atoms with E-state index in [0.717, 1.165) is 5.75 Å². The van der Waals surface area contributed by atoms with Crippen molar-refractivity contribution in [2.75, 3.05) is 17.6 Å². The molecule has 6 heteroatoms. The summed E-state index contributed by atoms with van der Waals surface area (Å²) in [6, 6.07) is 20.0. The molecule has 2 amide bonds. The molecule has 0 saturated carbocycles. The summed E-state index contributed by atoms with van der Waals surface area (Å²) in [7, 11) is 0. The van der Waals surface area contributed by atoms with Gasteiger partial charge in [-0.15, -0.1) is 11.8 Å². The molecule has 0 radical (unpaired) electrons. The Morgan fingerprint density at radius 2 is 1.65 bits per heavy atom.